The normalized spacial score (nSPS) is 12.9. The average molecular weight is 862 g/mol. The fraction of sp³-hybridized carbons (Fsp3) is 0.567. The van der Waals surface area contributed by atoms with Crippen LogP contribution in [0.5, 0.6) is 0 Å². The van der Waals surface area contributed by atoms with Crippen LogP contribution in [0.4, 0.5) is 0 Å². The molecule has 0 radical (unpaired) electrons. The third kappa shape index (κ3) is 14.0. The van der Waals surface area contributed by atoms with E-state index in [0.29, 0.717) is 44.4 Å². The van der Waals surface area contributed by atoms with Crippen molar-refractivity contribution < 1.29 is 0 Å². The van der Waals surface area contributed by atoms with Crippen molar-refractivity contribution in [2.45, 2.75) is 221 Å². The number of allylic oxidation sites excluding steroid dienone is 2. The van der Waals surface area contributed by atoms with Gasteiger partial charge < -0.3 is 0 Å². The van der Waals surface area contributed by atoms with Crippen molar-refractivity contribution in [2.75, 3.05) is 0 Å². The molecule has 2 heteroatoms. The highest BCUT2D eigenvalue weighted by atomic mass is 28.3. The molecule has 0 amide bonds. The molecule has 0 bridgehead atoms. The summed E-state index contributed by atoms with van der Waals surface area (Å²) in [6, 6.07) is 13.5. The quantitative estimate of drug-likeness (QED) is 0.201. The van der Waals surface area contributed by atoms with E-state index in [4.69, 9.17) is 0 Å². The predicted octanol–water partition coefficient (Wildman–Crippen LogP) is 16.0. The lowest BCUT2D eigenvalue weighted by atomic mass is 9.79. The van der Waals surface area contributed by atoms with Crippen LogP contribution < -0.4 is 0 Å². The minimum absolute atomic E-state index is 0.00556. The van der Waals surface area contributed by atoms with Crippen molar-refractivity contribution >= 4 is 16.1 Å². The Morgan fingerprint density at radius 3 is 0.758 bits per heavy atom. The molecule has 0 aliphatic carbocycles. The molecule has 2 aromatic carbocycles. The van der Waals surface area contributed by atoms with Crippen LogP contribution in [0.25, 0.3) is 0 Å². The molecule has 0 aliphatic rings. The molecule has 0 heterocycles. The molecule has 332 valence electrons. The fourth-order valence-electron chi connectivity index (χ4n) is 9.05. The summed E-state index contributed by atoms with van der Waals surface area (Å²) in [7, 11) is -4.27. The summed E-state index contributed by atoms with van der Waals surface area (Å²) in [4.78, 5) is 0. The van der Waals surface area contributed by atoms with E-state index in [2.05, 4.69) is 273 Å². The molecule has 0 saturated heterocycles. The second-order valence-electron chi connectivity index (χ2n) is 23.6. The molecule has 0 N–H and O–H groups in total. The summed E-state index contributed by atoms with van der Waals surface area (Å²) in [6.45, 7) is 55.3. The van der Waals surface area contributed by atoms with Gasteiger partial charge >= 0.3 is 0 Å². The van der Waals surface area contributed by atoms with Gasteiger partial charge in [-0.1, -0.05) is 202 Å². The lowest BCUT2D eigenvalue weighted by molar-refractivity contribution is 0.567. The Bertz CT molecular complexity index is 2050. The number of hydrogen-bond donors (Lipinski definition) is 0. The predicted molar refractivity (Wildman–Crippen MR) is 282 cm³/mol. The van der Waals surface area contributed by atoms with Crippen LogP contribution >= 0.6 is 0 Å². The van der Waals surface area contributed by atoms with Gasteiger partial charge in [-0.25, -0.2) is 0 Å². The third-order valence-electron chi connectivity index (χ3n) is 13.0. The van der Waals surface area contributed by atoms with Gasteiger partial charge in [-0.2, -0.15) is 0 Å². The topological polar surface area (TPSA) is 0 Å². The number of hydrogen-bond acceptors (Lipinski definition) is 0. The molecule has 2 rings (SSSR count). The smallest absolute Gasteiger partial charge is 0.124 e. The second kappa shape index (κ2) is 21.1. The first-order valence-corrected chi connectivity index (χ1v) is 27.8. The highest BCUT2D eigenvalue weighted by molar-refractivity contribution is 6.91. The highest BCUT2D eigenvalue weighted by Crippen LogP contribution is 2.42. The van der Waals surface area contributed by atoms with Gasteiger partial charge in [-0.05, 0) is 137 Å². The minimum Gasteiger partial charge on any atom is -0.124 e. The summed E-state index contributed by atoms with van der Waals surface area (Å²) < 4.78 is 0. The molecule has 62 heavy (non-hydrogen) atoms. The largest absolute Gasteiger partial charge is 0.146 e. The van der Waals surface area contributed by atoms with E-state index in [1.165, 1.54) is 22.3 Å². The highest BCUT2D eigenvalue weighted by Gasteiger charge is 2.43. The van der Waals surface area contributed by atoms with Crippen LogP contribution in [-0.4, -0.2) is 16.1 Å². The van der Waals surface area contributed by atoms with Crippen LogP contribution in [0.15, 0.2) is 47.5 Å². The van der Waals surface area contributed by atoms with Gasteiger partial charge in [0.05, 0.1) is 11.1 Å². The van der Waals surface area contributed by atoms with Gasteiger partial charge in [0.1, 0.15) is 16.1 Å². The first-order valence-electron chi connectivity index (χ1n) is 23.4. The minimum atomic E-state index is -2.14. The Morgan fingerprint density at radius 1 is 0.339 bits per heavy atom. The van der Waals surface area contributed by atoms with E-state index in [0.717, 1.165) is 11.1 Å². The number of rotatable bonds is 6. The summed E-state index contributed by atoms with van der Waals surface area (Å²) in [6.07, 6.45) is 0. The zero-order valence-corrected chi connectivity index (χ0v) is 45.9. The van der Waals surface area contributed by atoms with Gasteiger partial charge in [0.25, 0.3) is 0 Å². The summed E-state index contributed by atoms with van der Waals surface area (Å²) >= 11 is 0. The third-order valence-corrected chi connectivity index (χ3v) is 25.6. The van der Waals surface area contributed by atoms with Crippen molar-refractivity contribution in [3.05, 3.63) is 80.9 Å². The SMILES string of the molecule is CC(C)[Si](C#C/C(C#CC#Cc1cc(C(C)(C)C)cc(C(C)(C)C)c1)=C(\C#CC#Cc1cc(C(C)(C)C)cc(C(C)(C)C)c1)C#C[Si](C(C)C)(C(C)C)C(C)C)(C(C)C)C(C)C. The Labute approximate surface area is 386 Å². The first kappa shape index (κ1) is 54.1. The first-order chi connectivity index (χ1) is 28.2. The Balaban J connectivity index is 3.24. The van der Waals surface area contributed by atoms with Crippen LogP contribution in [0.2, 0.25) is 33.2 Å². The van der Waals surface area contributed by atoms with Crippen molar-refractivity contribution in [2.24, 2.45) is 0 Å². The van der Waals surface area contributed by atoms with Crippen LogP contribution in [0.3, 0.4) is 0 Å². The Hall–Kier alpha value is -4.03. The van der Waals surface area contributed by atoms with Crippen LogP contribution in [0, 0.1) is 70.3 Å². The zero-order valence-electron chi connectivity index (χ0n) is 43.9. The monoisotopic (exact) mass is 861 g/mol. The molecule has 0 atom stereocenters. The molecular weight excluding hydrogens is 777 g/mol. The maximum Gasteiger partial charge on any atom is 0.146 e. The molecule has 0 saturated carbocycles. The van der Waals surface area contributed by atoms with E-state index in [9.17, 15) is 0 Å². The lowest BCUT2D eigenvalue weighted by Gasteiger charge is -2.38. The summed E-state index contributed by atoms with van der Waals surface area (Å²) in [5.74, 6) is 34.2. The van der Waals surface area contributed by atoms with Crippen molar-refractivity contribution in [3.8, 4) is 70.3 Å². The van der Waals surface area contributed by atoms with Gasteiger partial charge in [-0.15, -0.1) is 11.1 Å². The lowest BCUT2D eigenvalue weighted by Crippen LogP contribution is -2.43. The Kier molecular flexibility index (Phi) is 18.4. The number of benzene rings is 2. The summed E-state index contributed by atoms with van der Waals surface area (Å²) in [5, 5.41) is 0. The molecule has 2 aromatic rings. The van der Waals surface area contributed by atoms with Crippen molar-refractivity contribution in [1.29, 1.82) is 0 Å². The molecular formula is C60H84Si2. The van der Waals surface area contributed by atoms with Gasteiger partial charge in [-0.3, -0.25) is 0 Å². The van der Waals surface area contributed by atoms with E-state index >= 15 is 0 Å². The molecule has 0 unspecified atom stereocenters. The fourth-order valence-corrected chi connectivity index (χ4v) is 19.5. The van der Waals surface area contributed by atoms with Crippen molar-refractivity contribution in [1.82, 2.24) is 0 Å². The molecule has 0 fully saturated rings. The average Bonchev–Trinajstić information content (AvgIpc) is 3.11. The van der Waals surface area contributed by atoms with Gasteiger partial charge in [0, 0.05) is 11.1 Å². The Morgan fingerprint density at radius 2 is 0.565 bits per heavy atom. The van der Waals surface area contributed by atoms with E-state index in [1.807, 2.05) is 0 Å². The molecule has 0 spiro atoms. The van der Waals surface area contributed by atoms with Crippen LogP contribution in [-0.2, 0) is 21.7 Å². The van der Waals surface area contributed by atoms with Crippen LogP contribution in [0.1, 0.15) is 200 Å². The van der Waals surface area contributed by atoms with Gasteiger partial charge in [0.15, 0.2) is 0 Å². The summed E-state index contributed by atoms with van der Waals surface area (Å²) in [5.41, 5.74) is 19.0. The zero-order chi connectivity index (χ0) is 47.8. The van der Waals surface area contributed by atoms with E-state index in [1.54, 1.807) is 0 Å². The standard InChI is InChI=1S/C60H84Si2/c1-43(2)61(44(3)4,45(5)6)35-33-51(31-27-25-29-49-37-53(57(13,14)15)41-54(38-49)58(16,17)18)52(34-36-62(46(7)8,47(9)10)48(11)12)32-28-26-30-50-39-55(59(19,20)21)42-56(40-50)60(22,23)24/h37-48H,1-24H3/b52-51+. The molecule has 0 aromatic heterocycles. The molecule has 0 nitrogen and oxygen atoms in total. The van der Waals surface area contributed by atoms with E-state index in [-0.39, 0.29) is 21.7 Å². The van der Waals surface area contributed by atoms with Crippen molar-refractivity contribution in [3.63, 3.8) is 0 Å². The maximum atomic E-state index is 3.96. The van der Waals surface area contributed by atoms with E-state index < -0.39 is 16.1 Å². The van der Waals surface area contributed by atoms with Gasteiger partial charge in [0.2, 0.25) is 0 Å². The second-order valence-corrected chi connectivity index (χ2v) is 34.8. The molecule has 0 aliphatic heterocycles. The maximum absolute atomic E-state index is 3.96.